The van der Waals surface area contributed by atoms with Crippen LogP contribution in [0.15, 0.2) is 48.5 Å². The molecule has 3 rings (SSSR count). The van der Waals surface area contributed by atoms with Gasteiger partial charge >= 0.3 is 0 Å². The van der Waals surface area contributed by atoms with Crippen LogP contribution in [0.4, 0.5) is 4.39 Å². The highest BCUT2D eigenvalue weighted by Gasteiger charge is 2.16. The fraction of sp³-hybridized carbons (Fsp3) is 0.316. The van der Waals surface area contributed by atoms with Gasteiger partial charge in [-0.2, -0.15) is 0 Å². The Morgan fingerprint density at radius 3 is 2.79 bits per heavy atom. The topological polar surface area (TPSA) is 47.6 Å². The molecule has 1 unspecified atom stereocenters. The number of nitrogens with one attached hydrogen (secondary N) is 1. The number of carbonyl (C=O) groups is 1. The van der Waals surface area contributed by atoms with E-state index >= 15 is 0 Å². The Hall–Kier alpha value is -2.40. The van der Waals surface area contributed by atoms with E-state index in [0.717, 1.165) is 25.0 Å². The summed E-state index contributed by atoms with van der Waals surface area (Å²) < 4.78 is 24.3. The van der Waals surface area contributed by atoms with Gasteiger partial charge in [0.25, 0.3) is 5.91 Å². The van der Waals surface area contributed by atoms with Crippen molar-refractivity contribution in [3.63, 3.8) is 0 Å². The standard InChI is InChI=1S/C19H20FNO3/c20-16-4-1-3-14(11-16)12-21-19(22)15-6-8-17(9-7-15)24-13-18-5-2-10-23-18/h1,3-4,6-9,11,18H,2,5,10,12-13H2,(H,21,22). The van der Waals surface area contributed by atoms with Crippen molar-refractivity contribution >= 4 is 5.91 Å². The molecule has 0 aliphatic carbocycles. The molecule has 24 heavy (non-hydrogen) atoms. The maximum absolute atomic E-state index is 13.1. The molecule has 0 aromatic heterocycles. The first-order valence-electron chi connectivity index (χ1n) is 8.08. The lowest BCUT2D eigenvalue weighted by Gasteiger charge is -2.12. The molecule has 2 aromatic carbocycles. The monoisotopic (exact) mass is 329 g/mol. The van der Waals surface area contributed by atoms with Gasteiger partial charge in [0.05, 0.1) is 6.10 Å². The maximum Gasteiger partial charge on any atom is 0.251 e. The molecule has 1 aliphatic rings. The highest BCUT2D eigenvalue weighted by atomic mass is 19.1. The lowest BCUT2D eigenvalue weighted by molar-refractivity contribution is 0.0679. The van der Waals surface area contributed by atoms with E-state index in [0.29, 0.717) is 17.9 Å². The second kappa shape index (κ2) is 7.93. The largest absolute Gasteiger partial charge is 0.491 e. The number of benzene rings is 2. The van der Waals surface area contributed by atoms with Crippen molar-refractivity contribution in [3.8, 4) is 5.75 Å². The molecule has 0 saturated carbocycles. The van der Waals surface area contributed by atoms with Gasteiger partial charge in [-0.25, -0.2) is 4.39 Å². The Labute approximate surface area is 140 Å². The van der Waals surface area contributed by atoms with Crippen LogP contribution in [0.3, 0.4) is 0 Å². The normalized spacial score (nSPS) is 16.8. The van der Waals surface area contributed by atoms with E-state index in [9.17, 15) is 9.18 Å². The van der Waals surface area contributed by atoms with Crippen LogP contribution in [0, 0.1) is 5.82 Å². The Kier molecular flexibility index (Phi) is 5.43. The maximum atomic E-state index is 13.1. The molecule has 2 aromatic rings. The molecular formula is C19H20FNO3. The predicted molar refractivity (Wildman–Crippen MR) is 88.5 cm³/mol. The molecule has 5 heteroatoms. The zero-order chi connectivity index (χ0) is 16.8. The summed E-state index contributed by atoms with van der Waals surface area (Å²) in [5, 5.41) is 2.77. The number of carbonyl (C=O) groups excluding carboxylic acids is 1. The number of halogens is 1. The summed E-state index contributed by atoms with van der Waals surface area (Å²) in [5.74, 6) is 0.201. The minimum atomic E-state index is -0.311. The van der Waals surface area contributed by atoms with E-state index in [-0.39, 0.29) is 24.4 Å². The first-order chi connectivity index (χ1) is 11.7. The van der Waals surface area contributed by atoms with Crippen LogP contribution < -0.4 is 10.1 Å². The van der Waals surface area contributed by atoms with E-state index < -0.39 is 0 Å². The molecule has 126 valence electrons. The third kappa shape index (κ3) is 4.55. The third-order valence-electron chi connectivity index (χ3n) is 3.92. The van der Waals surface area contributed by atoms with Crippen LogP contribution in [-0.2, 0) is 11.3 Å². The van der Waals surface area contributed by atoms with Gasteiger partial charge in [-0.15, -0.1) is 0 Å². The van der Waals surface area contributed by atoms with Crippen molar-refractivity contribution in [2.75, 3.05) is 13.2 Å². The average Bonchev–Trinajstić information content (AvgIpc) is 3.12. The third-order valence-corrected chi connectivity index (χ3v) is 3.92. The first-order valence-corrected chi connectivity index (χ1v) is 8.08. The summed E-state index contributed by atoms with van der Waals surface area (Å²) in [6.45, 7) is 1.62. The zero-order valence-corrected chi connectivity index (χ0v) is 13.3. The van der Waals surface area contributed by atoms with E-state index in [1.807, 2.05) is 0 Å². The van der Waals surface area contributed by atoms with Crippen LogP contribution in [0.5, 0.6) is 5.75 Å². The summed E-state index contributed by atoms with van der Waals surface area (Å²) in [7, 11) is 0. The number of amides is 1. The second-order valence-electron chi connectivity index (χ2n) is 5.78. The van der Waals surface area contributed by atoms with Gasteiger partial charge in [-0.3, -0.25) is 4.79 Å². The quantitative estimate of drug-likeness (QED) is 0.884. The Morgan fingerprint density at radius 2 is 2.08 bits per heavy atom. The van der Waals surface area contributed by atoms with E-state index in [2.05, 4.69) is 5.32 Å². The van der Waals surface area contributed by atoms with E-state index in [1.54, 1.807) is 36.4 Å². The second-order valence-corrected chi connectivity index (χ2v) is 5.78. The number of rotatable bonds is 6. The van der Waals surface area contributed by atoms with Crippen LogP contribution in [0.2, 0.25) is 0 Å². The molecule has 1 aliphatic heterocycles. The molecule has 1 atom stereocenters. The minimum absolute atomic E-state index is 0.166. The lowest BCUT2D eigenvalue weighted by Crippen LogP contribution is -2.22. The van der Waals surface area contributed by atoms with Crippen molar-refractivity contribution in [1.29, 1.82) is 0 Å². The van der Waals surface area contributed by atoms with E-state index in [1.165, 1.54) is 12.1 Å². The molecule has 1 saturated heterocycles. The molecule has 1 heterocycles. The Bertz CT molecular complexity index is 681. The Balaban J connectivity index is 1.49. The number of ether oxygens (including phenoxy) is 2. The molecule has 4 nitrogen and oxygen atoms in total. The smallest absolute Gasteiger partial charge is 0.251 e. The van der Waals surface area contributed by atoms with Gasteiger partial charge in [0.1, 0.15) is 18.2 Å². The van der Waals surface area contributed by atoms with Gasteiger partial charge in [0.2, 0.25) is 0 Å². The molecule has 1 N–H and O–H groups in total. The van der Waals surface area contributed by atoms with Gasteiger partial charge in [0, 0.05) is 18.7 Å². The first kappa shape index (κ1) is 16.5. The number of hydrogen-bond acceptors (Lipinski definition) is 3. The minimum Gasteiger partial charge on any atom is -0.491 e. The van der Waals surface area contributed by atoms with Gasteiger partial charge in [0.15, 0.2) is 0 Å². The van der Waals surface area contributed by atoms with Crippen LogP contribution in [0.25, 0.3) is 0 Å². The summed E-state index contributed by atoms with van der Waals surface area (Å²) >= 11 is 0. The van der Waals surface area contributed by atoms with Crippen molar-refractivity contribution in [3.05, 3.63) is 65.5 Å². The van der Waals surface area contributed by atoms with Crippen LogP contribution in [-0.4, -0.2) is 25.2 Å². The lowest BCUT2D eigenvalue weighted by atomic mass is 10.2. The van der Waals surface area contributed by atoms with Crippen molar-refractivity contribution in [2.24, 2.45) is 0 Å². The van der Waals surface area contributed by atoms with Crippen molar-refractivity contribution in [1.82, 2.24) is 5.32 Å². The molecular weight excluding hydrogens is 309 g/mol. The molecule has 1 amide bonds. The van der Waals surface area contributed by atoms with Crippen LogP contribution in [0.1, 0.15) is 28.8 Å². The molecule has 1 fully saturated rings. The zero-order valence-electron chi connectivity index (χ0n) is 13.3. The summed E-state index contributed by atoms with van der Waals surface area (Å²) in [5.41, 5.74) is 1.26. The fourth-order valence-electron chi connectivity index (χ4n) is 2.60. The summed E-state index contributed by atoms with van der Waals surface area (Å²) in [6, 6.07) is 13.1. The molecule has 0 spiro atoms. The van der Waals surface area contributed by atoms with Gasteiger partial charge in [-0.05, 0) is 54.8 Å². The molecule has 0 radical (unpaired) electrons. The highest BCUT2D eigenvalue weighted by molar-refractivity contribution is 5.94. The van der Waals surface area contributed by atoms with Crippen molar-refractivity contribution in [2.45, 2.75) is 25.5 Å². The fourth-order valence-corrected chi connectivity index (χ4v) is 2.60. The predicted octanol–water partition coefficient (Wildman–Crippen LogP) is 3.31. The van der Waals surface area contributed by atoms with E-state index in [4.69, 9.17) is 9.47 Å². The van der Waals surface area contributed by atoms with Gasteiger partial charge in [-0.1, -0.05) is 12.1 Å². The highest BCUT2D eigenvalue weighted by Crippen LogP contribution is 2.16. The van der Waals surface area contributed by atoms with Gasteiger partial charge < -0.3 is 14.8 Å². The number of hydrogen-bond donors (Lipinski definition) is 1. The summed E-state index contributed by atoms with van der Waals surface area (Å²) in [4.78, 5) is 12.1. The SMILES string of the molecule is O=C(NCc1cccc(F)c1)c1ccc(OCC2CCCO2)cc1. The Morgan fingerprint density at radius 1 is 1.25 bits per heavy atom. The molecule has 0 bridgehead atoms. The summed E-state index contributed by atoms with van der Waals surface area (Å²) in [6.07, 6.45) is 2.28. The average molecular weight is 329 g/mol. The van der Waals surface area contributed by atoms with Crippen LogP contribution >= 0.6 is 0 Å². The van der Waals surface area contributed by atoms with Crippen molar-refractivity contribution < 1.29 is 18.7 Å².